The average Bonchev–Trinajstić information content (AvgIpc) is 3.68. The van der Waals surface area contributed by atoms with E-state index < -0.39 is 51.6 Å². The maximum atomic E-state index is 14.7. The molecule has 2 aromatic rings. The number of carbonyl (C=O) groups is 1. The van der Waals surface area contributed by atoms with Crippen molar-refractivity contribution in [1.29, 1.82) is 0 Å². The SMILES string of the molecule is CC12CCC(O)CC13C=CC1(C(C(=O)c4cccc(C(F)(F)F)c4)=C3)C2CCC2(C)C1CCC2(O)CN(CCc1cccs1)CC(O)CO. The molecule has 4 N–H and O–H groups in total. The Labute approximate surface area is 290 Å². The highest BCUT2D eigenvalue weighted by molar-refractivity contribution is 7.09. The topological polar surface area (TPSA) is 101 Å². The zero-order valence-electron chi connectivity index (χ0n) is 28.3. The maximum Gasteiger partial charge on any atom is 0.416 e. The van der Waals surface area contributed by atoms with Crippen LogP contribution in [0.15, 0.2) is 65.6 Å². The lowest BCUT2D eigenvalue weighted by Crippen LogP contribution is -2.67. The third kappa shape index (κ3) is 5.34. The van der Waals surface area contributed by atoms with E-state index in [0.717, 1.165) is 37.8 Å². The Kier molecular flexibility index (Phi) is 8.68. The monoisotopic (exact) mass is 699 g/mol. The van der Waals surface area contributed by atoms with Crippen LogP contribution >= 0.6 is 11.3 Å². The molecular weight excluding hydrogens is 651 g/mol. The standard InChI is InChI=1S/C39H48F3NO5S/c1-34-12-8-27(45)20-36(34)15-16-38(30(21-36)33(47)25-5-3-6-26(19-25)39(40,41)42)31(34)9-13-35(2)32(38)10-14-37(35,48)24-43(22-28(46)23-44)17-11-29-7-4-18-49-29/h3-7,15-16,18-19,21,27-28,31-32,44-46,48H,8-14,17,20,22-24H2,1-2H3. The van der Waals surface area contributed by atoms with Crippen LogP contribution < -0.4 is 0 Å². The Morgan fingerprint density at radius 2 is 1.78 bits per heavy atom. The summed E-state index contributed by atoms with van der Waals surface area (Å²) >= 11 is 1.65. The molecule has 6 nitrogen and oxygen atoms in total. The zero-order chi connectivity index (χ0) is 35.0. The highest BCUT2D eigenvalue weighted by Crippen LogP contribution is 2.78. The second-order valence-electron chi connectivity index (χ2n) is 16.1. The van der Waals surface area contributed by atoms with Crippen molar-refractivity contribution < 1.29 is 38.4 Å². The largest absolute Gasteiger partial charge is 0.416 e. The van der Waals surface area contributed by atoms with E-state index in [0.29, 0.717) is 44.3 Å². The van der Waals surface area contributed by atoms with Crippen LogP contribution in [-0.2, 0) is 12.6 Å². The molecule has 0 amide bonds. The van der Waals surface area contributed by atoms with Crippen molar-refractivity contribution in [2.75, 3.05) is 26.2 Å². The fourth-order valence-electron chi connectivity index (χ4n) is 11.3. The summed E-state index contributed by atoms with van der Waals surface area (Å²) in [6.45, 7) is 5.11. The third-order valence-corrected chi connectivity index (χ3v) is 14.8. The van der Waals surface area contributed by atoms with Gasteiger partial charge in [-0.1, -0.05) is 50.3 Å². The number of benzene rings is 1. The number of carbonyl (C=O) groups excluding carboxylic acids is 1. The molecule has 2 spiro atoms. The van der Waals surface area contributed by atoms with Crippen LogP contribution in [0.1, 0.15) is 79.6 Å². The molecule has 1 aromatic heterocycles. The number of hydrogen-bond acceptors (Lipinski definition) is 7. The minimum atomic E-state index is -4.59. The van der Waals surface area contributed by atoms with Crippen molar-refractivity contribution >= 4 is 17.1 Å². The van der Waals surface area contributed by atoms with Crippen molar-refractivity contribution in [2.45, 2.75) is 89.2 Å². The van der Waals surface area contributed by atoms with Crippen LogP contribution in [0.5, 0.6) is 0 Å². The van der Waals surface area contributed by atoms with Gasteiger partial charge < -0.3 is 20.4 Å². The normalized spacial score (nSPS) is 38.6. The number of Topliss-reactive ketones (excluding diaryl/α,β-unsaturated/α-hetero) is 1. The van der Waals surface area contributed by atoms with Gasteiger partial charge in [0.2, 0.25) is 0 Å². The van der Waals surface area contributed by atoms with E-state index in [1.807, 2.05) is 17.5 Å². The molecule has 49 heavy (non-hydrogen) atoms. The Balaban J connectivity index is 1.29. The minimum absolute atomic E-state index is 0.00268. The lowest BCUT2D eigenvalue weighted by Gasteiger charge is -2.71. The first kappa shape index (κ1) is 35.1. The summed E-state index contributed by atoms with van der Waals surface area (Å²) < 4.78 is 41.5. The lowest BCUT2D eigenvalue weighted by molar-refractivity contribution is -0.177. The van der Waals surface area contributed by atoms with Gasteiger partial charge in [-0.15, -0.1) is 11.3 Å². The molecular formula is C39H48F3NO5S. The van der Waals surface area contributed by atoms with Crippen molar-refractivity contribution in [1.82, 2.24) is 4.90 Å². The average molecular weight is 700 g/mol. The van der Waals surface area contributed by atoms with E-state index in [-0.39, 0.29) is 36.0 Å². The van der Waals surface area contributed by atoms with Gasteiger partial charge in [0.1, 0.15) is 0 Å². The Morgan fingerprint density at radius 1 is 1.04 bits per heavy atom. The molecule has 6 aliphatic rings. The molecule has 9 unspecified atom stereocenters. The minimum Gasteiger partial charge on any atom is -0.394 e. The number of halogens is 3. The number of hydrogen-bond donors (Lipinski definition) is 4. The number of thiophene rings is 1. The van der Waals surface area contributed by atoms with Crippen LogP contribution in [0.25, 0.3) is 0 Å². The molecule has 8 rings (SSSR count). The summed E-state index contributed by atoms with van der Waals surface area (Å²) in [6.07, 6.45) is 5.47. The molecule has 1 heterocycles. The summed E-state index contributed by atoms with van der Waals surface area (Å²) in [4.78, 5) is 17.9. The summed E-state index contributed by atoms with van der Waals surface area (Å²) in [7, 11) is 0. The smallest absolute Gasteiger partial charge is 0.394 e. The zero-order valence-corrected chi connectivity index (χ0v) is 29.1. The van der Waals surface area contributed by atoms with E-state index in [9.17, 15) is 38.4 Å². The highest BCUT2D eigenvalue weighted by Gasteiger charge is 2.74. The fourth-order valence-corrected chi connectivity index (χ4v) is 12.0. The van der Waals surface area contributed by atoms with Gasteiger partial charge in [-0.3, -0.25) is 9.69 Å². The molecule has 3 fully saturated rings. The van der Waals surface area contributed by atoms with Gasteiger partial charge in [-0.05, 0) is 92.2 Å². The molecule has 2 bridgehead atoms. The molecule has 10 heteroatoms. The summed E-state index contributed by atoms with van der Waals surface area (Å²) in [5.41, 5.74) is -3.82. The Hall–Kier alpha value is -2.34. The molecule has 1 aromatic carbocycles. The molecule has 0 radical (unpaired) electrons. The van der Waals surface area contributed by atoms with Crippen LogP contribution in [0.2, 0.25) is 0 Å². The fraction of sp³-hybridized carbons (Fsp3) is 0.615. The molecule has 266 valence electrons. The summed E-state index contributed by atoms with van der Waals surface area (Å²) in [6, 6.07) is 8.76. The van der Waals surface area contributed by atoms with Crippen LogP contribution in [-0.4, -0.2) is 75.2 Å². The number of aliphatic hydroxyl groups excluding tert-OH is 3. The van der Waals surface area contributed by atoms with Gasteiger partial charge in [-0.25, -0.2) is 0 Å². The quantitative estimate of drug-likeness (QED) is 0.168. The number of fused-ring (bicyclic) bond motifs is 1. The molecule has 0 aliphatic heterocycles. The number of allylic oxidation sites excluding steroid dienone is 4. The van der Waals surface area contributed by atoms with E-state index in [2.05, 4.69) is 37.0 Å². The van der Waals surface area contributed by atoms with E-state index in [1.165, 1.54) is 17.0 Å². The summed E-state index contributed by atoms with van der Waals surface area (Å²) in [5, 5.41) is 45.9. The van der Waals surface area contributed by atoms with Crippen LogP contribution in [0, 0.1) is 33.5 Å². The van der Waals surface area contributed by atoms with Crippen molar-refractivity contribution in [2.24, 2.45) is 33.5 Å². The van der Waals surface area contributed by atoms with Gasteiger partial charge in [0.25, 0.3) is 0 Å². The molecule has 0 saturated heterocycles. The summed E-state index contributed by atoms with van der Waals surface area (Å²) in [5.74, 6) is -0.561. The van der Waals surface area contributed by atoms with Gasteiger partial charge in [0.15, 0.2) is 5.78 Å². The third-order valence-electron chi connectivity index (χ3n) is 13.8. The number of aliphatic hydroxyl groups is 4. The van der Waals surface area contributed by atoms with Crippen molar-refractivity contribution in [3.8, 4) is 0 Å². The first-order valence-electron chi connectivity index (χ1n) is 17.7. The van der Waals surface area contributed by atoms with Crippen molar-refractivity contribution in [3.05, 3.63) is 81.6 Å². The number of ketones is 1. The Bertz CT molecular complexity index is 1640. The first-order chi connectivity index (χ1) is 23.1. The predicted molar refractivity (Wildman–Crippen MR) is 182 cm³/mol. The van der Waals surface area contributed by atoms with Crippen molar-refractivity contribution in [3.63, 3.8) is 0 Å². The second-order valence-corrected chi connectivity index (χ2v) is 17.2. The van der Waals surface area contributed by atoms with Gasteiger partial charge in [-0.2, -0.15) is 13.2 Å². The Morgan fingerprint density at radius 3 is 2.49 bits per heavy atom. The molecule has 6 aliphatic carbocycles. The number of alkyl halides is 3. The number of nitrogens with zero attached hydrogens (tertiary/aromatic N) is 1. The van der Waals surface area contributed by atoms with Gasteiger partial charge in [0.05, 0.1) is 30.0 Å². The second kappa shape index (κ2) is 12.1. The molecule has 9 atom stereocenters. The number of rotatable bonds is 10. The first-order valence-corrected chi connectivity index (χ1v) is 18.6. The van der Waals surface area contributed by atoms with Gasteiger partial charge >= 0.3 is 6.18 Å². The van der Waals surface area contributed by atoms with E-state index >= 15 is 0 Å². The lowest BCUT2D eigenvalue weighted by atomic mass is 9.32. The predicted octanol–water partition coefficient (Wildman–Crippen LogP) is 6.44. The van der Waals surface area contributed by atoms with E-state index in [4.69, 9.17) is 0 Å². The van der Waals surface area contributed by atoms with Gasteiger partial charge in [0, 0.05) is 51.9 Å². The van der Waals surface area contributed by atoms with Crippen LogP contribution in [0.4, 0.5) is 13.2 Å². The van der Waals surface area contributed by atoms with E-state index in [1.54, 1.807) is 11.3 Å². The highest BCUT2D eigenvalue weighted by atomic mass is 32.1. The maximum absolute atomic E-state index is 14.7. The molecule has 3 saturated carbocycles. The van der Waals surface area contributed by atoms with Crippen LogP contribution in [0.3, 0.4) is 0 Å².